The monoisotopic (exact) mass is 500 g/mol. The summed E-state index contributed by atoms with van der Waals surface area (Å²) in [7, 11) is 4.80. The maximum Gasteiger partial charge on any atom is 0.226 e. The quantitative estimate of drug-likeness (QED) is 0.316. The fourth-order valence-corrected chi connectivity index (χ4v) is 5.28. The number of rotatable bonds is 7. The molecule has 3 aromatic carbocycles. The van der Waals surface area contributed by atoms with Gasteiger partial charge in [0.25, 0.3) is 0 Å². The highest BCUT2D eigenvalue weighted by Gasteiger charge is 2.32. The van der Waals surface area contributed by atoms with Crippen LogP contribution in [0.2, 0.25) is 0 Å². The molecule has 1 aliphatic rings. The van der Waals surface area contributed by atoms with Crippen LogP contribution in [0.1, 0.15) is 33.4 Å². The molecule has 37 heavy (non-hydrogen) atoms. The molecule has 7 nitrogen and oxygen atoms in total. The van der Waals surface area contributed by atoms with Gasteiger partial charge in [0.15, 0.2) is 17.2 Å². The number of nitrogens with zero attached hydrogens (tertiary/aromatic N) is 4. The van der Waals surface area contributed by atoms with Crippen LogP contribution in [-0.4, -0.2) is 27.6 Å². The lowest BCUT2D eigenvalue weighted by Crippen LogP contribution is -2.38. The number of hydrogen-bond acceptors (Lipinski definition) is 7. The summed E-state index contributed by atoms with van der Waals surface area (Å²) in [5.41, 5.74) is 9.93. The number of azo groups is 1. The Bertz CT molecular complexity index is 1240. The normalized spacial score (nSPS) is 13.6. The van der Waals surface area contributed by atoms with E-state index in [1.807, 2.05) is 0 Å². The van der Waals surface area contributed by atoms with Gasteiger partial charge < -0.3 is 24.0 Å². The highest BCUT2D eigenvalue weighted by molar-refractivity contribution is 5.71. The van der Waals surface area contributed by atoms with Crippen LogP contribution in [0.3, 0.4) is 0 Å². The van der Waals surface area contributed by atoms with Crippen LogP contribution in [-0.2, 0) is 0 Å². The molecule has 0 aromatic heterocycles. The maximum atomic E-state index is 5.61. The Hall–Kier alpha value is -4.00. The molecule has 0 spiro atoms. The van der Waals surface area contributed by atoms with Crippen molar-refractivity contribution in [1.82, 2.24) is 0 Å². The van der Waals surface area contributed by atoms with Gasteiger partial charge in [0, 0.05) is 24.5 Å². The zero-order valence-corrected chi connectivity index (χ0v) is 23.2. The Labute approximate surface area is 220 Å². The summed E-state index contributed by atoms with van der Waals surface area (Å²) in [6.45, 7) is 12.8. The van der Waals surface area contributed by atoms with Gasteiger partial charge in [0.05, 0.1) is 32.7 Å². The van der Waals surface area contributed by atoms with E-state index in [-0.39, 0.29) is 0 Å². The summed E-state index contributed by atoms with van der Waals surface area (Å²) in [6, 6.07) is 12.4. The van der Waals surface area contributed by atoms with Crippen molar-refractivity contribution in [2.24, 2.45) is 10.2 Å². The molecule has 0 saturated heterocycles. The first-order valence-corrected chi connectivity index (χ1v) is 12.3. The van der Waals surface area contributed by atoms with E-state index in [0.29, 0.717) is 22.9 Å². The number of hydrogen-bond donors (Lipinski definition) is 0. The van der Waals surface area contributed by atoms with Crippen molar-refractivity contribution in [3.8, 4) is 17.2 Å². The van der Waals surface area contributed by atoms with Crippen LogP contribution >= 0.6 is 0 Å². The molecule has 0 unspecified atom stereocenters. The molecule has 194 valence electrons. The molecule has 4 rings (SSSR count). The molecular formula is C30H36N4O3. The van der Waals surface area contributed by atoms with E-state index in [1.165, 1.54) is 33.4 Å². The molecule has 0 N–H and O–H groups in total. The maximum absolute atomic E-state index is 5.61. The van der Waals surface area contributed by atoms with Gasteiger partial charge in [-0.1, -0.05) is 35.4 Å². The lowest BCUT2D eigenvalue weighted by atomic mass is 10.0. The molecular weight excluding hydrogens is 464 g/mol. The predicted molar refractivity (Wildman–Crippen MR) is 150 cm³/mol. The van der Waals surface area contributed by atoms with E-state index in [1.54, 1.807) is 33.5 Å². The van der Waals surface area contributed by atoms with Crippen LogP contribution < -0.4 is 24.0 Å². The van der Waals surface area contributed by atoms with E-state index in [4.69, 9.17) is 24.4 Å². The summed E-state index contributed by atoms with van der Waals surface area (Å²) in [5.74, 6) is 1.67. The number of methoxy groups -OCH3 is 3. The summed E-state index contributed by atoms with van der Waals surface area (Å²) < 4.78 is 16.6. The lowest BCUT2D eigenvalue weighted by molar-refractivity contribution is 0.376. The molecule has 0 aliphatic carbocycles. The van der Waals surface area contributed by atoms with Crippen LogP contribution in [0.15, 0.2) is 59.0 Å². The molecule has 0 saturated carbocycles. The fraction of sp³-hybridized carbons (Fsp3) is 0.333. The van der Waals surface area contributed by atoms with Gasteiger partial charge in [-0.25, -0.2) is 0 Å². The largest absolute Gasteiger partial charge is 0.496 e. The number of benzene rings is 3. The van der Waals surface area contributed by atoms with Gasteiger partial charge in [-0.2, -0.15) is 0 Å². The second-order valence-corrected chi connectivity index (χ2v) is 9.55. The van der Waals surface area contributed by atoms with Gasteiger partial charge in [-0.3, -0.25) is 0 Å². The molecule has 0 amide bonds. The van der Waals surface area contributed by atoms with E-state index in [2.05, 4.69) is 88.0 Å². The lowest BCUT2D eigenvalue weighted by Gasteiger charge is -2.32. The third-order valence-electron chi connectivity index (χ3n) is 6.62. The molecule has 0 atom stereocenters. The third kappa shape index (κ3) is 4.99. The van der Waals surface area contributed by atoms with E-state index in [9.17, 15) is 0 Å². The first kappa shape index (κ1) is 26.1. The summed E-state index contributed by atoms with van der Waals surface area (Å²) in [4.78, 5) is 4.35. The number of aryl methyl sites for hydroxylation is 6. The molecule has 0 bridgehead atoms. The SMILES string of the molecule is COc1cc(OC)c(N=NC2N(c3c(C)cc(C)cc3C)C=CN2c2c(C)cc(C)cc2C)c(OC)c1. The predicted octanol–water partition coefficient (Wildman–Crippen LogP) is 7.43. The average Bonchev–Trinajstić information content (AvgIpc) is 3.23. The molecule has 3 aromatic rings. The fourth-order valence-electron chi connectivity index (χ4n) is 5.28. The second-order valence-electron chi connectivity index (χ2n) is 9.55. The van der Waals surface area contributed by atoms with Crippen LogP contribution in [0.5, 0.6) is 17.2 Å². The van der Waals surface area contributed by atoms with Gasteiger partial charge in [-0.05, 0) is 63.8 Å². The average molecular weight is 501 g/mol. The van der Waals surface area contributed by atoms with Crippen LogP contribution in [0, 0.1) is 41.5 Å². The van der Waals surface area contributed by atoms with Crippen molar-refractivity contribution in [3.63, 3.8) is 0 Å². The molecule has 7 heteroatoms. The minimum absolute atomic E-state index is 0.447. The van der Waals surface area contributed by atoms with Crippen molar-refractivity contribution >= 4 is 17.1 Å². The first-order chi connectivity index (χ1) is 17.7. The van der Waals surface area contributed by atoms with Crippen LogP contribution in [0.25, 0.3) is 0 Å². The smallest absolute Gasteiger partial charge is 0.226 e. The zero-order valence-electron chi connectivity index (χ0n) is 23.2. The van der Waals surface area contributed by atoms with Crippen molar-refractivity contribution in [1.29, 1.82) is 0 Å². The Morgan fingerprint density at radius 1 is 0.595 bits per heavy atom. The highest BCUT2D eigenvalue weighted by atomic mass is 16.5. The second kappa shape index (κ2) is 10.5. The van der Waals surface area contributed by atoms with Gasteiger partial charge >= 0.3 is 0 Å². The molecule has 1 heterocycles. The third-order valence-corrected chi connectivity index (χ3v) is 6.62. The minimum atomic E-state index is -0.447. The Morgan fingerprint density at radius 3 is 1.35 bits per heavy atom. The molecule has 0 radical (unpaired) electrons. The van der Waals surface area contributed by atoms with Crippen LogP contribution in [0.4, 0.5) is 17.1 Å². The zero-order chi connectivity index (χ0) is 26.9. The first-order valence-electron chi connectivity index (χ1n) is 12.3. The van der Waals surface area contributed by atoms with Gasteiger partial charge in [-0.15, -0.1) is 10.2 Å². The Morgan fingerprint density at radius 2 is 1.00 bits per heavy atom. The Balaban J connectivity index is 1.87. The summed E-state index contributed by atoms with van der Waals surface area (Å²) >= 11 is 0. The standard InChI is InChI=1S/C30H36N4O3/c1-18-12-20(3)28(21(4)13-18)33-10-11-34(29-22(5)14-19(2)15-23(29)6)30(33)32-31-27-25(36-8)16-24(35-7)17-26(27)37-9/h10-17,30H,1-9H3. The molecule has 0 fully saturated rings. The Kier molecular flexibility index (Phi) is 7.43. The van der Waals surface area contributed by atoms with E-state index in [0.717, 1.165) is 11.4 Å². The van der Waals surface area contributed by atoms with Crippen molar-refractivity contribution in [2.45, 2.75) is 47.8 Å². The van der Waals surface area contributed by atoms with E-state index < -0.39 is 6.29 Å². The van der Waals surface area contributed by atoms with Gasteiger partial charge in [0.1, 0.15) is 5.75 Å². The summed E-state index contributed by atoms with van der Waals surface area (Å²) in [6.07, 6.45) is 3.71. The van der Waals surface area contributed by atoms with Gasteiger partial charge in [0.2, 0.25) is 6.29 Å². The van der Waals surface area contributed by atoms with Crippen molar-refractivity contribution < 1.29 is 14.2 Å². The minimum Gasteiger partial charge on any atom is -0.496 e. The van der Waals surface area contributed by atoms with E-state index >= 15 is 0 Å². The van der Waals surface area contributed by atoms with Crippen molar-refractivity contribution in [3.05, 3.63) is 82.2 Å². The highest BCUT2D eigenvalue weighted by Crippen LogP contribution is 2.43. The number of anilines is 2. The van der Waals surface area contributed by atoms with Crippen molar-refractivity contribution in [2.75, 3.05) is 31.1 Å². The number of ether oxygens (including phenoxy) is 3. The summed E-state index contributed by atoms with van der Waals surface area (Å²) in [5, 5.41) is 9.61. The topological polar surface area (TPSA) is 58.9 Å². The molecule has 1 aliphatic heterocycles.